The first-order chi connectivity index (χ1) is 10.3. The Morgan fingerprint density at radius 1 is 1.00 bits per heavy atom. The van der Waals surface area contributed by atoms with Gasteiger partial charge in [-0.15, -0.1) is 11.8 Å². The van der Waals surface area contributed by atoms with E-state index in [1.54, 1.807) is 23.9 Å². The minimum absolute atomic E-state index is 0.297. The number of ether oxygens (including phenoxy) is 2. The second-order valence-electron chi connectivity index (χ2n) is 5.15. The van der Waals surface area contributed by atoms with Crippen molar-refractivity contribution in [1.82, 2.24) is 0 Å². The fourth-order valence-corrected chi connectivity index (χ4v) is 2.93. The van der Waals surface area contributed by atoms with Crippen molar-refractivity contribution < 1.29 is 14.6 Å². The summed E-state index contributed by atoms with van der Waals surface area (Å²) in [6.07, 6.45) is 7.01. The molecule has 0 aliphatic carbocycles. The summed E-state index contributed by atoms with van der Waals surface area (Å²) in [7, 11) is 0. The molecular formula is C17H28O3S. The molecule has 0 aromatic heterocycles. The Morgan fingerprint density at radius 2 is 1.57 bits per heavy atom. The Morgan fingerprint density at radius 3 is 2.10 bits per heavy atom. The number of hydrogen-bond acceptors (Lipinski definition) is 4. The van der Waals surface area contributed by atoms with Crippen LogP contribution in [0.5, 0.6) is 5.75 Å². The van der Waals surface area contributed by atoms with Crippen molar-refractivity contribution in [2.75, 3.05) is 20.0 Å². The van der Waals surface area contributed by atoms with Crippen LogP contribution in [0.25, 0.3) is 0 Å². The molecule has 2 rings (SSSR count). The lowest BCUT2D eigenvalue weighted by atomic mass is 10.2. The van der Waals surface area contributed by atoms with Gasteiger partial charge in [0, 0.05) is 4.90 Å². The highest BCUT2D eigenvalue weighted by Gasteiger charge is 2.15. The van der Waals surface area contributed by atoms with Gasteiger partial charge >= 0.3 is 0 Å². The summed E-state index contributed by atoms with van der Waals surface area (Å²) >= 11 is 1.71. The van der Waals surface area contributed by atoms with Gasteiger partial charge in [-0.05, 0) is 24.3 Å². The van der Waals surface area contributed by atoms with Gasteiger partial charge in [-0.3, -0.25) is 0 Å². The zero-order valence-electron chi connectivity index (χ0n) is 13.2. The van der Waals surface area contributed by atoms with E-state index in [1.807, 2.05) is 12.1 Å². The first-order valence-corrected chi connectivity index (χ1v) is 8.75. The minimum Gasteiger partial charge on any atom is -0.508 e. The average Bonchev–Trinajstić information content (AvgIpc) is 2.52. The number of hydrogen-bond donors (Lipinski definition) is 1. The molecule has 0 bridgehead atoms. The van der Waals surface area contributed by atoms with Gasteiger partial charge in [-0.25, -0.2) is 0 Å². The van der Waals surface area contributed by atoms with Crippen LogP contribution in [0.2, 0.25) is 0 Å². The lowest BCUT2D eigenvalue weighted by Crippen LogP contribution is -2.26. The molecule has 1 N–H and O–H groups in total. The summed E-state index contributed by atoms with van der Waals surface area (Å²) in [4.78, 5) is 1.13. The molecule has 1 heterocycles. The van der Waals surface area contributed by atoms with E-state index in [2.05, 4.69) is 13.8 Å². The number of benzene rings is 1. The van der Waals surface area contributed by atoms with Crippen LogP contribution < -0.4 is 0 Å². The molecule has 21 heavy (non-hydrogen) atoms. The van der Waals surface area contributed by atoms with Crippen LogP contribution in [0.15, 0.2) is 29.2 Å². The van der Waals surface area contributed by atoms with Crippen LogP contribution in [0.1, 0.15) is 46.0 Å². The van der Waals surface area contributed by atoms with E-state index in [0.717, 1.165) is 18.1 Å². The number of unbranched alkanes of at least 4 members (excludes halogenated alkanes) is 4. The molecule has 0 radical (unpaired) electrons. The number of thioether (sulfide) groups is 1. The molecule has 1 saturated heterocycles. The molecule has 120 valence electrons. The lowest BCUT2D eigenvalue weighted by molar-refractivity contribution is -0.0925. The van der Waals surface area contributed by atoms with Gasteiger partial charge in [-0.2, -0.15) is 0 Å². The van der Waals surface area contributed by atoms with Crippen molar-refractivity contribution in [3.8, 4) is 5.75 Å². The van der Waals surface area contributed by atoms with Crippen molar-refractivity contribution in [3.63, 3.8) is 0 Å². The van der Waals surface area contributed by atoms with E-state index in [0.29, 0.717) is 17.8 Å². The van der Waals surface area contributed by atoms with Crippen molar-refractivity contribution in [3.05, 3.63) is 24.3 Å². The Kier molecular flexibility index (Phi) is 10.4. The van der Waals surface area contributed by atoms with E-state index in [9.17, 15) is 0 Å². The molecule has 4 heteroatoms. The number of aromatic hydroxyl groups is 1. The predicted molar refractivity (Wildman–Crippen MR) is 89.0 cm³/mol. The van der Waals surface area contributed by atoms with Crippen LogP contribution in [-0.2, 0) is 9.47 Å². The Hall–Kier alpha value is -0.710. The van der Waals surface area contributed by atoms with Crippen molar-refractivity contribution in [2.45, 2.75) is 56.1 Å². The summed E-state index contributed by atoms with van der Waals surface area (Å²) in [6, 6.07) is 7.17. The third-order valence-corrected chi connectivity index (χ3v) is 4.27. The zero-order valence-corrected chi connectivity index (χ0v) is 14.0. The lowest BCUT2D eigenvalue weighted by Gasteiger charge is -2.21. The maximum Gasteiger partial charge on any atom is 0.146 e. The summed E-state index contributed by atoms with van der Waals surface area (Å²) in [5.74, 6) is 0.297. The van der Waals surface area contributed by atoms with Gasteiger partial charge < -0.3 is 14.6 Å². The second-order valence-corrected chi connectivity index (χ2v) is 6.53. The van der Waals surface area contributed by atoms with Crippen LogP contribution in [0, 0.1) is 0 Å². The van der Waals surface area contributed by atoms with Crippen LogP contribution in [-0.4, -0.2) is 30.4 Å². The number of rotatable bonds is 6. The highest BCUT2D eigenvalue weighted by atomic mass is 32.2. The second kappa shape index (κ2) is 11.9. The van der Waals surface area contributed by atoms with Gasteiger partial charge in [0.05, 0.1) is 18.5 Å². The quantitative estimate of drug-likeness (QED) is 0.763. The Bertz CT molecular complexity index is 344. The normalized spacial score (nSPS) is 15.3. The average molecular weight is 312 g/mol. The largest absolute Gasteiger partial charge is 0.508 e. The maximum atomic E-state index is 9.10. The summed E-state index contributed by atoms with van der Waals surface area (Å²) in [6.45, 7) is 6.36. The van der Waals surface area contributed by atoms with E-state index >= 15 is 0 Å². The van der Waals surface area contributed by atoms with Crippen LogP contribution >= 0.6 is 11.8 Å². The first-order valence-electron chi connectivity index (χ1n) is 7.87. The van der Waals surface area contributed by atoms with Crippen molar-refractivity contribution in [1.29, 1.82) is 0 Å². The number of phenols is 1. The van der Waals surface area contributed by atoms with Gasteiger partial charge in [0.2, 0.25) is 0 Å². The highest BCUT2D eigenvalue weighted by Crippen LogP contribution is 2.26. The van der Waals surface area contributed by atoms with E-state index in [4.69, 9.17) is 14.6 Å². The van der Waals surface area contributed by atoms with E-state index < -0.39 is 0 Å². The SMILES string of the molecule is CCCCCCC.Oc1ccc(SC2COCOC2)cc1. The molecule has 1 aromatic rings. The van der Waals surface area contributed by atoms with Gasteiger partial charge in [0.25, 0.3) is 0 Å². The van der Waals surface area contributed by atoms with Crippen LogP contribution in [0.3, 0.4) is 0 Å². The molecule has 1 aromatic carbocycles. The highest BCUT2D eigenvalue weighted by molar-refractivity contribution is 8.00. The third kappa shape index (κ3) is 9.02. The van der Waals surface area contributed by atoms with Gasteiger partial charge in [0.1, 0.15) is 12.5 Å². The molecule has 3 nitrogen and oxygen atoms in total. The van der Waals surface area contributed by atoms with Gasteiger partial charge in [-0.1, -0.05) is 46.0 Å². The molecule has 0 spiro atoms. The van der Waals surface area contributed by atoms with Crippen LogP contribution in [0.4, 0.5) is 0 Å². The molecule has 0 amide bonds. The predicted octanol–water partition coefficient (Wildman–Crippen LogP) is 4.83. The van der Waals surface area contributed by atoms with E-state index in [-0.39, 0.29) is 0 Å². The first kappa shape index (κ1) is 18.3. The molecule has 0 unspecified atom stereocenters. The molecule has 1 fully saturated rings. The summed E-state index contributed by atoms with van der Waals surface area (Å²) in [5.41, 5.74) is 0. The fraction of sp³-hybridized carbons (Fsp3) is 0.647. The molecular weight excluding hydrogens is 284 g/mol. The topological polar surface area (TPSA) is 38.7 Å². The molecule has 1 aliphatic heterocycles. The van der Waals surface area contributed by atoms with Gasteiger partial charge in [0.15, 0.2) is 0 Å². The van der Waals surface area contributed by atoms with E-state index in [1.165, 1.54) is 32.1 Å². The zero-order chi connectivity index (χ0) is 15.3. The maximum absolute atomic E-state index is 9.10. The summed E-state index contributed by atoms with van der Waals surface area (Å²) in [5, 5.41) is 9.46. The Labute approximate surface area is 133 Å². The monoisotopic (exact) mass is 312 g/mol. The molecule has 1 aliphatic rings. The molecule has 0 saturated carbocycles. The minimum atomic E-state index is 0.297. The molecule has 0 atom stereocenters. The summed E-state index contributed by atoms with van der Waals surface area (Å²) < 4.78 is 10.4. The number of phenolic OH excluding ortho intramolecular Hbond substituents is 1. The third-order valence-electron chi connectivity index (χ3n) is 3.12. The fourth-order valence-electron chi connectivity index (χ4n) is 1.93. The standard InChI is InChI=1S/C10H12O3S.C7H16/c11-8-1-3-9(4-2-8)14-10-5-12-7-13-6-10;1-3-5-7-6-4-2/h1-4,10-11H,5-7H2;3-7H2,1-2H3. The van der Waals surface area contributed by atoms with Crippen molar-refractivity contribution in [2.24, 2.45) is 0 Å². The smallest absolute Gasteiger partial charge is 0.146 e. The Balaban J connectivity index is 0.000000270. The van der Waals surface area contributed by atoms with Crippen molar-refractivity contribution >= 4 is 11.8 Å².